The number of fused-ring (bicyclic) bond motifs is 1. The summed E-state index contributed by atoms with van der Waals surface area (Å²) >= 11 is 0. The maximum atomic E-state index is 12.1. The van der Waals surface area contributed by atoms with Crippen molar-refractivity contribution in [2.24, 2.45) is 0 Å². The maximum Gasteiger partial charge on any atom is 0.255 e. The topological polar surface area (TPSA) is 45.2 Å². The van der Waals surface area contributed by atoms with Crippen LogP contribution in [0.3, 0.4) is 0 Å². The SMILES string of the molecule is CN1CCc2ncc(NC(=O)c3ccccc3)cc2C1.Cl. The average Bonchev–Trinajstić information content (AvgIpc) is 2.47. The molecule has 0 saturated heterocycles. The predicted octanol–water partition coefficient (Wildman–Crippen LogP) is 2.74. The van der Waals surface area contributed by atoms with Gasteiger partial charge in [0.05, 0.1) is 11.9 Å². The molecule has 110 valence electrons. The van der Waals surface area contributed by atoms with E-state index in [2.05, 4.69) is 22.2 Å². The van der Waals surface area contributed by atoms with Gasteiger partial charge in [-0.05, 0) is 30.8 Å². The standard InChI is InChI=1S/C16H17N3O.ClH/c1-19-8-7-15-13(11-19)9-14(10-17-15)18-16(20)12-5-3-2-4-6-12;/h2-6,9-10H,7-8,11H2,1H3,(H,18,20);1H. The van der Waals surface area contributed by atoms with E-state index in [0.29, 0.717) is 5.56 Å². The number of hydrogen-bond donors (Lipinski definition) is 1. The first-order valence-electron chi connectivity index (χ1n) is 6.75. The molecular formula is C16H18ClN3O. The van der Waals surface area contributed by atoms with Gasteiger partial charge < -0.3 is 10.2 Å². The Morgan fingerprint density at radius 3 is 2.81 bits per heavy atom. The molecule has 0 aliphatic carbocycles. The van der Waals surface area contributed by atoms with Crippen LogP contribution in [0.5, 0.6) is 0 Å². The third-order valence-corrected chi connectivity index (χ3v) is 3.52. The lowest BCUT2D eigenvalue weighted by molar-refractivity contribution is 0.102. The zero-order valence-electron chi connectivity index (χ0n) is 11.9. The van der Waals surface area contributed by atoms with Gasteiger partial charge in [-0.2, -0.15) is 0 Å². The van der Waals surface area contributed by atoms with E-state index < -0.39 is 0 Å². The van der Waals surface area contributed by atoms with Gasteiger partial charge in [0.15, 0.2) is 0 Å². The summed E-state index contributed by atoms with van der Waals surface area (Å²) in [6.07, 6.45) is 2.71. The Bertz CT molecular complexity index is 631. The number of amides is 1. The van der Waals surface area contributed by atoms with Crippen LogP contribution in [-0.4, -0.2) is 29.4 Å². The van der Waals surface area contributed by atoms with Crippen molar-refractivity contribution < 1.29 is 4.79 Å². The van der Waals surface area contributed by atoms with Crippen LogP contribution in [0.1, 0.15) is 21.6 Å². The van der Waals surface area contributed by atoms with Crippen molar-refractivity contribution in [2.45, 2.75) is 13.0 Å². The molecule has 0 radical (unpaired) electrons. The molecule has 21 heavy (non-hydrogen) atoms. The summed E-state index contributed by atoms with van der Waals surface area (Å²) in [6.45, 7) is 1.92. The van der Waals surface area contributed by atoms with Gasteiger partial charge in [-0.1, -0.05) is 18.2 Å². The van der Waals surface area contributed by atoms with Crippen molar-refractivity contribution in [2.75, 3.05) is 18.9 Å². The highest BCUT2D eigenvalue weighted by atomic mass is 35.5. The maximum absolute atomic E-state index is 12.1. The molecule has 4 nitrogen and oxygen atoms in total. The monoisotopic (exact) mass is 303 g/mol. The highest BCUT2D eigenvalue weighted by Crippen LogP contribution is 2.19. The molecule has 2 heterocycles. The van der Waals surface area contributed by atoms with Crippen LogP contribution in [0.2, 0.25) is 0 Å². The van der Waals surface area contributed by atoms with Crippen molar-refractivity contribution in [1.82, 2.24) is 9.88 Å². The van der Waals surface area contributed by atoms with Gasteiger partial charge in [0, 0.05) is 30.8 Å². The number of carbonyl (C=O) groups excluding carboxylic acids is 1. The Kier molecular flexibility index (Phi) is 4.94. The Morgan fingerprint density at radius 2 is 2.05 bits per heavy atom. The second-order valence-electron chi connectivity index (χ2n) is 5.14. The van der Waals surface area contributed by atoms with E-state index in [4.69, 9.17) is 0 Å². The first kappa shape index (κ1) is 15.5. The normalized spacial score (nSPS) is 14.0. The largest absolute Gasteiger partial charge is 0.321 e. The number of nitrogens with one attached hydrogen (secondary N) is 1. The van der Waals surface area contributed by atoms with Crippen LogP contribution in [-0.2, 0) is 13.0 Å². The molecule has 1 aliphatic heterocycles. The van der Waals surface area contributed by atoms with Crippen molar-refractivity contribution in [3.05, 3.63) is 59.4 Å². The quantitative estimate of drug-likeness (QED) is 0.928. The van der Waals surface area contributed by atoms with Gasteiger partial charge in [-0.25, -0.2) is 0 Å². The van der Waals surface area contributed by atoms with Gasteiger partial charge in [0.1, 0.15) is 0 Å². The molecule has 0 atom stereocenters. The molecule has 1 aromatic heterocycles. The van der Waals surface area contributed by atoms with Gasteiger partial charge in [0.25, 0.3) is 5.91 Å². The summed E-state index contributed by atoms with van der Waals surface area (Å²) in [7, 11) is 2.10. The highest BCUT2D eigenvalue weighted by molar-refractivity contribution is 6.04. The molecule has 1 aromatic carbocycles. The number of nitrogens with zero attached hydrogens (tertiary/aromatic N) is 2. The summed E-state index contributed by atoms with van der Waals surface area (Å²) in [5, 5.41) is 2.90. The van der Waals surface area contributed by atoms with Gasteiger partial charge >= 0.3 is 0 Å². The molecule has 1 N–H and O–H groups in total. The van der Waals surface area contributed by atoms with Crippen LogP contribution in [0.15, 0.2) is 42.6 Å². The number of aromatic nitrogens is 1. The molecule has 5 heteroatoms. The molecule has 1 amide bonds. The van der Waals surface area contributed by atoms with E-state index >= 15 is 0 Å². The minimum absolute atomic E-state index is 0. The summed E-state index contributed by atoms with van der Waals surface area (Å²) in [6, 6.07) is 11.2. The number of benzene rings is 1. The molecule has 0 saturated carbocycles. The van der Waals surface area contributed by atoms with E-state index in [0.717, 1.165) is 30.9 Å². The molecule has 0 unspecified atom stereocenters. The number of halogens is 1. The minimum atomic E-state index is -0.100. The van der Waals surface area contributed by atoms with E-state index in [9.17, 15) is 4.79 Å². The molecule has 0 bridgehead atoms. The summed E-state index contributed by atoms with van der Waals surface area (Å²) in [5.41, 5.74) is 3.75. The first-order valence-corrected chi connectivity index (χ1v) is 6.75. The Hall–Kier alpha value is -1.91. The fourth-order valence-electron chi connectivity index (χ4n) is 2.43. The number of hydrogen-bond acceptors (Lipinski definition) is 3. The van der Waals surface area contributed by atoms with E-state index in [-0.39, 0.29) is 18.3 Å². The lowest BCUT2D eigenvalue weighted by atomic mass is 10.1. The van der Waals surface area contributed by atoms with Crippen LogP contribution < -0.4 is 5.32 Å². The lowest BCUT2D eigenvalue weighted by Gasteiger charge is -2.24. The van der Waals surface area contributed by atoms with Gasteiger partial charge in [0.2, 0.25) is 0 Å². The van der Waals surface area contributed by atoms with Crippen LogP contribution in [0, 0.1) is 0 Å². The smallest absolute Gasteiger partial charge is 0.255 e. The Balaban J connectivity index is 0.00000161. The molecule has 1 aliphatic rings. The van der Waals surface area contributed by atoms with E-state index in [1.165, 1.54) is 5.56 Å². The highest BCUT2D eigenvalue weighted by Gasteiger charge is 2.15. The number of anilines is 1. The fourth-order valence-corrected chi connectivity index (χ4v) is 2.43. The minimum Gasteiger partial charge on any atom is -0.321 e. The molecule has 2 aromatic rings. The third kappa shape index (κ3) is 3.60. The second kappa shape index (κ2) is 6.70. The molecule has 0 fully saturated rings. The van der Waals surface area contributed by atoms with E-state index in [1.807, 2.05) is 24.3 Å². The predicted molar refractivity (Wildman–Crippen MR) is 85.9 cm³/mol. The van der Waals surface area contributed by atoms with Crippen LogP contribution in [0.4, 0.5) is 5.69 Å². The first-order chi connectivity index (χ1) is 9.72. The van der Waals surface area contributed by atoms with Crippen molar-refractivity contribution >= 4 is 24.0 Å². The van der Waals surface area contributed by atoms with Crippen molar-refractivity contribution in [1.29, 1.82) is 0 Å². The van der Waals surface area contributed by atoms with Gasteiger partial charge in [-0.15, -0.1) is 12.4 Å². The number of carbonyl (C=O) groups is 1. The summed E-state index contributed by atoms with van der Waals surface area (Å²) in [4.78, 5) is 18.8. The van der Waals surface area contributed by atoms with Gasteiger partial charge in [-0.3, -0.25) is 9.78 Å². The summed E-state index contributed by atoms with van der Waals surface area (Å²) < 4.78 is 0. The third-order valence-electron chi connectivity index (χ3n) is 3.52. The lowest BCUT2D eigenvalue weighted by Crippen LogP contribution is -2.27. The Morgan fingerprint density at radius 1 is 1.29 bits per heavy atom. The summed E-state index contributed by atoms with van der Waals surface area (Å²) in [5.74, 6) is -0.100. The number of likely N-dealkylation sites (N-methyl/N-ethyl adjacent to an activating group) is 1. The van der Waals surface area contributed by atoms with Crippen molar-refractivity contribution in [3.8, 4) is 0 Å². The van der Waals surface area contributed by atoms with Crippen molar-refractivity contribution in [3.63, 3.8) is 0 Å². The molecular weight excluding hydrogens is 286 g/mol. The second-order valence-corrected chi connectivity index (χ2v) is 5.14. The van der Waals surface area contributed by atoms with Crippen LogP contribution >= 0.6 is 12.4 Å². The van der Waals surface area contributed by atoms with Crippen LogP contribution in [0.25, 0.3) is 0 Å². The molecule has 3 rings (SSSR count). The average molecular weight is 304 g/mol. The molecule has 0 spiro atoms. The fraction of sp³-hybridized carbons (Fsp3) is 0.250. The Labute approximate surface area is 130 Å². The number of rotatable bonds is 2. The van der Waals surface area contributed by atoms with E-state index in [1.54, 1.807) is 18.3 Å². The zero-order chi connectivity index (χ0) is 13.9. The number of pyridine rings is 1. The zero-order valence-corrected chi connectivity index (χ0v) is 12.7.